The smallest absolute Gasteiger partial charge is 0.141 e. The lowest BCUT2D eigenvalue weighted by Crippen LogP contribution is -2.32. The Hall–Kier alpha value is -1.17. The molecule has 4 N–H and O–H groups in total. The first-order valence-corrected chi connectivity index (χ1v) is 7.21. The zero-order valence-electron chi connectivity index (χ0n) is 12.6. The number of nitrogens with one attached hydrogen (secondary N) is 1. The summed E-state index contributed by atoms with van der Waals surface area (Å²) in [7, 11) is 0. The van der Waals surface area contributed by atoms with E-state index >= 15 is 0 Å². The van der Waals surface area contributed by atoms with Crippen molar-refractivity contribution in [1.29, 1.82) is 0 Å². The fraction of sp³-hybridized carbons (Fsp3) is 0.667. The Morgan fingerprint density at radius 3 is 2.50 bits per heavy atom. The Kier molecular flexibility index (Phi) is 6.91. The highest BCUT2D eigenvalue weighted by Crippen LogP contribution is 2.23. The molecule has 0 aliphatic rings. The van der Waals surface area contributed by atoms with Crippen molar-refractivity contribution in [2.45, 2.75) is 52.9 Å². The molecule has 1 unspecified atom stereocenters. The number of aliphatic hydroxyl groups is 2. The summed E-state index contributed by atoms with van der Waals surface area (Å²) in [5, 5.41) is 32.5. The maximum Gasteiger partial charge on any atom is 0.141 e. The molecule has 0 amide bonds. The molecule has 1 aromatic rings. The topological polar surface area (TPSA) is 85.6 Å². The summed E-state index contributed by atoms with van der Waals surface area (Å²) in [6.45, 7) is 6.57. The first-order valence-electron chi connectivity index (χ1n) is 7.21. The molecule has 0 aromatic carbocycles. The summed E-state index contributed by atoms with van der Waals surface area (Å²) in [5.41, 5.74) is 1.80. The molecule has 0 saturated carbocycles. The Morgan fingerprint density at radius 1 is 1.30 bits per heavy atom. The van der Waals surface area contributed by atoms with Crippen molar-refractivity contribution >= 4 is 0 Å². The van der Waals surface area contributed by atoms with E-state index in [-0.39, 0.29) is 18.3 Å². The van der Waals surface area contributed by atoms with E-state index in [2.05, 4.69) is 24.1 Å². The van der Waals surface area contributed by atoms with Gasteiger partial charge in [-0.25, -0.2) is 0 Å². The van der Waals surface area contributed by atoms with Crippen molar-refractivity contribution in [1.82, 2.24) is 10.3 Å². The molecule has 0 saturated heterocycles. The normalized spacial score (nSPS) is 12.9. The molecule has 1 rings (SSSR count). The van der Waals surface area contributed by atoms with Crippen LogP contribution in [0.1, 0.15) is 43.5 Å². The summed E-state index contributed by atoms with van der Waals surface area (Å²) in [5.74, 6) is 0.397. The van der Waals surface area contributed by atoms with Gasteiger partial charge in [0.15, 0.2) is 0 Å². The number of aromatic hydroxyl groups is 1. The average Bonchev–Trinajstić information content (AvgIpc) is 2.45. The van der Waals surface area contributed by atoms with Crippen LogP contribution >= 0.6 is 0 Å². The van der Waals surface area contributed by atoms with Gasteiger partial charge < -0.3 is 20.6 Å². The number of aryl methyl sites for hydroxylation is 1. The number of aromatic nitrogens is 1. The molecule has 0 spiro atoms. The number of rotatable bonds is 8. The predicted molar refractivity (Wildman–Crippen MR) is 78.3 cm³/mol. The molecule has 5 heteroatoms. The summed E-state index contributed by atoms with van der Waals surface area (Å²) in [6, 6.07) is 0. The highest BCUT2D eigenvalue weighted by molar-refractivity contribution is 5.40. The van der Waals surface area contributed by atoms with E-state index in [0.29, 0.717) is 29.9 Å². The van der Waals surface area contributed by atoms with E-state index in [1.807, 2.05) is 0 Å². The van der Waals surface area contributed by atoms with Gasteiger partial charge in [-0.3, -0.25) is 4.98 Å². The lowest BCUT2D eigenvalue weighted by atomic mass is 9.96. The number of hydrogen-bond donors (Lipinski definition) is 4. The van der Waals surface area contributed by atoms with Crippen LogP contribution in [0.25, 0.3) is 0 Å². The van der Waals surface area contributed by atoms with E-state index in [0.717, 1.165) is 12.8 Å². The molecule has 20 heavy (non-hydrogen) atoms. The number of hydrogen-bond acceptors (Lipinski definition) is 5. The summed E-state index contributed by atoms with van der Waals surface area (Å²) < 4.78 is 0. The molecular formula is C15H26N2O3. The fourth-order valence-electron chi connectivity index (χ4n) is 2.36. The van der Waals surface area contributed by atoms with Crippen LogP contribution in [0.5, 0.6) is 5.75 Å². The third kappa shape index (κ3) is 4.16. The minimum Gasteiger partial charge on any atom is -0.506 e. The molecule has 5 nitrogen and oxygen atoms in total. The lowest BCUT2D eigenvalue weighted by molar-refractivity contribution is 0.101. The first kappa shape index (κ1) is 16.9. The zero-order chi connectivity index (χ0) is 15.1. The molecule has 1 heterocycles. The maximum atomic E-state index is 10.1. The van der Waals surface area contributed by atoms with Gasteiger partial charge in [0, 0.05) is 30.4 Å². The van der Waals surface area contributed by atoms with Crippen molar-refractivity contribution in [2.75, 3.05) is 6.54 Å². The van der Waals surface area contributed by atoms with Crippen LogP contribution in [0.3, 0.4) is 0 Å². The van der Waals surface area contributed by atoms with Crippen molar-refractivity contribution in [2.24, 2.45) is 5.92 Å². The second-order valence-electron chi connectivity index (χ2n) is 5.13. The standard InChI is InChI=1S/C15H26N2O3/c1-4-11(5-2)14(19)8-16-7-13-12(9-18)6-17-10(3)15(13)20/h6,11,14,16,18-20H,4-5,7-9H2,1-3H3. The molecule has 0 aliphatic carbocycles. The highest BCUT2D eigenvalue weighted by Gasteiger charge is 2.16. The monoisotopic (exact) mass is 282 g/mol. The number of nitrogens with zero attached hydrogens (tertiary/aromatic N) is 1. The van der Waals surface area contributed by atoms with Gasteiger partial charge in [-0.05, 0) is 12.8 Å². The summed E-state index contributed by atoms with van der Waals surface area (Å²) >= 11 is 0. The van der Waals surface area contributed by atoms with Crippen LogP contribution in [-0.4, -0.2) is 33.0 Å². The van der Waals surface area contributed by atoms with Gasteiger partial charge in [-0.1, -0.05) is 26.7 Å². The van der Waals surface area contributed by atoms with Gasteiger partial charge in [0.25, 0.3) is 0 Å². The molecule has 114 valence electrons. The van der Waals surface area contributed by atoms with Crippen LogP contribution in [0.4, 0.5) is 0 Å². The predicted octanol–water partition coefficient (Wildman–Crippen LogP) is 1.47. The quantitative estimate of drug-likeness (QED) is 0.580. The molecule has 0 bridgehead atoms. The molecule has 1 atom stereocenters. The van der Waals surface area contributed by atoms with E-state index in [9.17, 15) is 15.3 Å². The van der Waals surface area contributed by atoms with Crippen molar-refractivity contribution in [3.05, 3.63) is 23.0 Å². The van der Waals surface area contributed by atoms with E-state index < -0.39 is 6.10 Å². The molecule has 0 aliphatic heterocycles. The average molecular weight is 282 g/mol. The van der Waals surface area contributed by atoms with Gasteiger partial charge in [0.1, 0.15) is 5.75 Å². The van der Waals surface area contributed by atoms with Crippen LogP contribution in [-0.2, 0) is 13.2 Å². The van der Waals surface area contributed by atoms with Crippen LogP contribution in [0, 0.1) is 12.8 Å². The van der Waals surface area contributed by atoms with Crippen LogP contribution < -0.4 is 5.32 Å². The SMILES string of the molecule is CCC(CC)C(O)CNCc1c(CO)cnc(C)c1O. The zero-order valence-corrected chi connectivity index (χ0v) is 12.6. The first-order chi connectivity index (χ1) is 9.54. The van der Waals surface area contributed by atoms with Crippen molar-refractivity contribution in [3.63, 3.8) is 0 Å². The van der Waals surface area contributed by atoms with Crippen LogP contribution in [0.2, 0.25) is 0 Å². The van der Waals surface area contributed by atoms with Gasteiger partial charge in [-0.2, -0.15) is 0 Å². The fourth-order valence-corrected chi connectivity index (χ4v) is 2.36. The van der Waals surface area contributed by atoms with Gasteiger partial charge in [0.2, 0.25) is 0 Å². The molecule has 1 aromatic heterocycles. The Bertz CT molecular complexity index is 420. The van der Waals surface area contributed by atoms with Crippen LogP contribution in [0.15, 0.2) is 6.20 Å². The van der Waals surface area contributed by atoms with E-state index in [4.69, 9.17) is 0 Å². The second-order valence-corrected chi connectivity index (χ2v) is 5.13. The Labute approximate surface area is 120 Å². The third-order valence-electron chi connectivity index (χ3n) is 3.85. The summed E-state index contributed by atoms with van der Waals surface area (Å²) in [6.07, 6.45) is 3.07. The largest absolute Gasteiger partial charge is 0.506 e. The molecule has 0 fully saturated rings. The maximum absolute atomic E-state index is 10.1. The van der Waals surface area contributed by atoms with Crippen molar-refractivity contribution in [3.8, 4) is 5.75 Å². The van der Waals surface area contributed by atoms with Crippen molar-refractivity contribution < 1.29 is 15.3 Å². The third-order valence-corrected chi connectivity index (χ3v) is 3.85. The van der Waals surface area contributed by atoms with Gasteiger partial charge in [-0.15, -0.1) is 0 Å². The minimum absolute atomic E-state index is 0.112. The molecular weight excluding hydrogens is 256 g/mol. The number of pyridine rings is 1. The second kappa shape index (κ2) is 8.19. The van der Waals surface area contributed by atoms with E-state index in [1.165, 1.54) is 0 Å². The summed E-state index contributed by atoms with van der Waals surface area (Å²) in [4.78, 5) is 4.02. The lowest BCUT2D eigenvalue weighted by Gasteiger charge is -2.21. The highest BCUT2D eigenvalue weighted by atomic mass is 16.3. The van der Waals surface area contributed by atoms with E-state index in [1.54, 1.807) is 13.1 Å². The van der Waals surface area contributed by atoms with Gasteiger partial charge in [0.05, 0.1) is 18.4 Å². The van der Waals surface area contributed by atoms with Gasteiger partial charge >= 0.3 is 0 Å². The Balaban J connectivity index is 2.64. The minimum atomic E-state index is -0.396. The molecule has 0 radical (unpaired) electrons. The Morgan fingerprint density at radius 2 is 1.95 bits per heavy atom. The number of aliphatic hydroxyl groups excluding tert-OH is 2.